The molecule has 0 bridgehead atoms. The van der Waals surface area contributed by atoms with Crippen LogP contribution in [0.1, 0.15) is 28.4 Å². The molecule has 21 heavy (non-hydrogen) atoms. The van der Waals surface area contributed by atoms with Crippen LogP contribution in [0.2, 0.25) is 0 Å². The van der Waals surface area contributed by atoms with Crippen LogP contribution in [0.25, 0.3) is 0 Å². The molecule has 2 rings (SSSR count). The molecular weight excluding hydrogens is 264 g/mol. The quantitative estimate of drug-likeness (QED) is 0.912. The zero-order valence-corrected chi connectivity index (χ0v) is 13.0. The van der Waals surface area contributed by atoms with Crippen molar-refractivity contribution < 1.29 is 14.6 Å². The van der Waals surface area contributed by atoms with E-state index in [0.29, 0.717) is 17.9 Å². The first kappa shape index (κ1) is 15.4. The van der Waals surface area contributed by atoms with Crippen LogP contribution in [0.5, 0.6) is 11.5 Å². The van der Waals surface area contributed by atoms with Gasteiger partial charge in [0.25, 0.3) is 0 Å². The fourth-order valence-electron chi connectivity index (χ4n) is 2.41. The molecule has 0 aliphatic carbocycles. The minimum atomic E-state index is -0.565. The lowest BCUT2D eigenvalue weighted by Crippen LogP contribution is -2.04. The molecule has 0 aliphatic heterocycles. The second kappa shape index (κ2) is 6.64. The summed E-state index contributed by atoms with van der Waals surface area (Å²) in [6, 6.07) is 11.8. The third-order valence-electron chi connectivity index (χ3n) is 3.71. The van der Waals surface area contributed by atoms with E-state index in [-0.39, 0.29) is 0 Å². The Morgan fingerprint density at radius 1 is 0.952 bits per heavy atom. The molecule has 0 amide bonds. The average molecular weight is 286 g/mol. The molecule has 112 valence electrons. The fourth-order valence-corrected chi connectivity index (χ4v) is 2.41. The van der Waals surface area contributed by atoms with E-state index in [1.54, 1.807) is 14.2 Å². The lowest BCUT2D eigenvalue weighted by molar-refractivity contribution is 0.177. The second-order valence-corrected chi connectivity index (χ2v) is 5.26. The largest absolute Gasteiger partial charge is 0.493 e. The van der Waals surface area contributed by atoms with Gasteiger partial charge in [-0.1, -0.05) is 29.8 Å². The summed E-state index contributed by atoms with van der Waals surface area (Å²) in [5.41, 5.74) is 4.39. The third kappa shape index (κ3) is 3.56. The second-order valence-electron chi connectivity index (χ2n) is 5.26. The Morgan fingerprint density at radius 3 is 2.33 bits per heavy atom. The Labute approximate surface area is 126 Å². The first-order valence-electron chi connectivity index (χ1n) is 7.01. The number of aryl methyl sites for hydroxylation is 2. The van der Waals surface area contributed by atoms with E-state index < -0.39 is 6.10 Å². The molecule has 0 spiro atoms. The van der Waals surface area contributed by atoms with Crippen molar-refractivity contribution in [1.29, 1.82) is 0 Å². The molecule has 3 nitrogen and oxygen atoms in total. The number of aliphatic hydroxyl groups excluding tert-OH is 1. The highest BCUT2D eigenvalue weighted by atomic mass is 16.5. The maximum absolute atomic E-state index is 10.5. The van der Waals surface area contributed by atoms with Crippen LogP contribution in [0.15, 0.2) is 36.4 Å². The van der Waals surface area contributed by atoms with Gasteiger partial charge >= 0.3 is 0 Å². The maximum Gasteiger partial charge on any atom is 0.161 e. The average Bonchev–Trinajstić information content (AvgIpc) is 2.50. The molecule has 1 atom stereocenters. The fraction of sp³-hybridized carbons (Fsp3) is 0.333. The number of aliphatic hydroxyl groups is 1. The van der Waals surface area contributed by atoms with Crippen LogP contribution in [-0.4, -0.2) is 19.3 Å². The topological polar surface area (TPSA) is 38.7 Å². The van der Waals surface area contributed by atoms with E-state index in [4.69, 9.17) is 9.47 Å². The van der Waals surface area contributed by atoms with E-state index >= 15 is 0 Å². The summed E-state index contributed by atoms with van der Waals surface area (Å²) in [4.78, 5) is 0. The van der Waals surface area contributed by atoms with Crippen molar-refractivity contribution in [3.05, 3.63) is 58.7 Å². The minimum Gasteiger partial charge on any atom is -0.493 e. The van der Waals surface area contributed by atoms with Gasteiger partial charge in [0.15, 0.2) is 11.5 Å². The van der Waals surface area contributed by atoms with Gasteiger partial charge in [0, 0.05) is 6.42 Å². The highest BCUT2D eigenvalue weighted by Gasteiger charge is 2.13. The van der Waals surface area contributed by atoms with Gasteiger partial charge in [0.1, 0.15) is 0 Å². The highest BCUT2D eigenvalue weighted by Crippen LogP contribution is 2.31. The summed E-state index contributed by atoms with van der Waals surface area (Å²) in [7, 11) is 3.20. The summed E-state index contributed by atoms with van der Waals surface area (Å²) < 4.78 is 10.5. The first-order valence-corrected chi connectivity index (χ1v) is 7.01. The van der Waals surface area contributed by atoms with Crippen LogP contribution < -0.4 is 9.47 Å². The van der Waals surface area contributed by atoms with Gasteiger partial charge in [-0.15, -0.1) is 0 Å². The zero-order valence-electron chi connectivity index (χ0n) is 13.0. The molecule has 1 N–H and O–H groups in total. The van der Waals surface area contributed by atoms with Gasteiger partial charge in [-0.2, -0.15) is 0 Å². The molecule has 0 aromatic heterocycles. The normalized spacial score (nSPS) is 12.0. The van der Waals surface area contributed by atoms with E-state index in [0.717, 1.165) is 11.1 Å². The summed E-state index contributed by atoms with van der Waals surface area (Å²) in [5, 5.41) is 10.5. The van der Waals surface area contributed by atoms with E-state index in [2.05, 4.69) is 32.0 Å². The Kier molecular flexibility index (Phi) is 4.86. The van der Waals surface area contributed by atoms with Crippen molar-refractivity contribution in [2.75, 3.05) is 14.2 Å². The Hall–Kier alpha value is -2.00. The Morgan fingerprint density at radius 2 is 1.67 bits per heavy atom. The molecule has 1 unspecified atom stereocenters. The molecule has 0 radical (unpaired) electrons. The van der Waals surface area contributed by atoms with Crippen LogP contribution in [0.3, 0.4) is 0 Å². The van der Waals surface area contributed by atoms with Crippen LogP contribution >= 0.6 is 0 Å². The van der Waals surface area contributed by atoms with Gasteiger partial charge in [-0.05, 0) is 42.7 Å². The smallest absolute Gasteiger partial charge is 0.161 e. The molecule has 2 aromatic rings. The van der Waals surface area contributed by atoms with Gasteiger partial charge < -0.3 is 14.6 Å². The predicted molar refractivity (Wildman–Crippen MR) is 84.1 cm³/mol. The lowest BCUT2D eigenvalue weighted by Gasteiger charge is -2.16. The molecule has 3 heteroatoms. The number of hydrogen-bond acceptors (Lipinski definition) is 3. The van der Waals surface area contributed by atoms with Crippen molar-refractivity contribution in [3.63, 3.8) is 0 Å². The van der Waals surface area contributed by atoms with E-state index in [1.165, 1.54) is 11.1 Å². The first-order chi connectivity index (χ1) is 10.0. The molecule has 2 aromatic carbocycles. The van der Waals surface area contributed by atoms with Gasteiger partial charge in [-0.25, -0.2) is 0 Å². The number of benzene rings is 2. The van der Waals surface area contributed by atoms with Crippen molar-refractivity contribution in [2.45, 2.75) is 26.4 Å². The number of methoxy groups -OCH3 is 2. The highest BCUT2D eigenvalue weighted by molar-refractivity contribution is 5.44. The van der Waals surface area contributed by atoms with Gasteiger partial charge in [0.05, 0.1) is 20.3 Å². The third-order valence-corrected chi connectivity index (χ3v) is 3.71. The van der Waals surface area contributed by atoms with Crippen molar-refractivity contribution in [2.24, 2.45) is 0 Å². The van der Waals surface area contributed by atoms with Crippen LogP contribution in [-0.2, 0) is 6.42 Å². The van der Waals surface area contributed by atoms with E-state index in [9.17, 15) is 5.11 Å². The molecule has 0 aliphatic rings. The van der Waals surface area contributed by atoms with Crippen molar-refractivity contribution in [1.82, 2.24) is 0 Å². The van der Waals surface area contributed by atoms with Crippen LogP contribution in [0.4, 0.5) is 0 Å². The van der Waals surface area contributed by atoms with Gasteiger partial charge in [-0.3, -0.25) is 0 Å². The van der Waals surface area contributed by atoms with E-state index in [1.807, 2.05) is 18.2 Å². The summed E-state index contributed by atoms with van der Waals surface area (Å²) in [6.45, 7) is 4.13. The van der Waals surface area contributed by atoms with Crippen molar-refractivity contribution in [3.8, 4) is 11.5 Å². The molecule has 0 fully saturated rings. The summed E-state index contributed by atoms with van der Waals surface area (Å²) >= 11 is 0. The maximum atomic E-state index is 10.5. The number of ether oxygens (including phenoxy) is 2. The SMILES string of the molecule is COc1ccc(C(O)Cc2cc(C)ccc2C)cc1OC. The number of hydrogen-bond donors (Lipinski definition) is 1. The van der Waals surface area contributed by atoms with Gasteiger partial charge in [0.2, 0.25) is 0 Å². The summed E-state index contributed by atoms with van der Waals surface area (Å²) in [6.07, 6.45) is 0.0218. The molecular formula is C18H22O3. The zero-order chi connectivity index (χ0) is 15.4. The van der Waals surface area contributed by atoms with Crippen molar-refractivity contribution >= 4 is 0 Å². The summed E-state index contributed by atoms with van der Waals surface area (Å²) in [5.74, 6) is 1.30. The predicted octanol–water partition coefficient (Wildman–Crippen LogP) is 3.60. The monoisotopic (exact) mass is 286 g/mol. The Bertz CT molecular complexity index is 620. The number of rotatable bonds is 5. The standard InChI is InChI=1S/C18H22O3/c1-12-5-6-13(2)15(9-12)10-16(19)14-7-8-17(20-3)18(11-14)21-4/h5-9,11,16,19H,10H2,1-4H3. The Balaban J connectivity index is 2.24. The minimum absolute atomic E-state index is 0.565. The van der Waals surface area contributed by atoms with Crippen LogP contribution in [0, 0.1) is 13.8 Å². The molecule has 0 saturated carbocycles. The molecule has 0 heterocycles. The molecule has 0 saturated heterocycles. The lowest BCUT2D eigenvalue weighted by atomic mass is 9.96.